The number of rotatable bonds is 7. The Bertz CT molecular complexity index is 1280. The van der Waals surface area contributed by atoms with Gasteiger partial charge in [-0.05, 0) is 43.5 Å². The summed E-state index contributed by atoms with van der Waals surface area (Å²) in [4.78, 5) is 12.9. The third kappa shape index (κ3) is 5.21. The molecule has 9 heteroatoms. The van der Waals surface area contributed by atoms with Crippen molar-refractivity contribution in [3.05, 3.63) is 71.6 Å². The van der Waals surface area contributed by atoms with E-state index in [1.165, 1.54) is 4.31 Å². The van der Waals surface area contributed by atoms with Crippen molar-refractivity contribution in [2.75, 3.05) is 25.5 Å². The molecule has 0 bridgehead atoms. The summed E-state index contributed by atoms with van der Waals surface area (Å²) in [6.45, 7) is 2.02. The van der Waals surface area contributed by atoms with Crippen LogP contribution in [0.1, 0.15) is 29.9 Å². The Morgan fingerprint density at radius 2 is 1.97 bits per heavy atom. The van der Waals surface area contributed by atoms with E-state index >= 15 is 0 Å². The van der Waals surface area contributed by atoms with Gasteiger partial charge in [0.25, 0.3) is 0 Å². The zero-order chi connectivity index (χ0) is 24.1. The molecule has 4 rings (SSSR count). The van der Waals surface area contributed by atoms with Crippen molar-refractivity contribution in [2.24, 2.45) is 5.92 Å². The van der Waals surface area contributed by atoms with Crippen LogP contribution in [0.15, 0.2) is 64.0 Å². The van der Waals surface area contributed by atoms with Gasteiger partial charge >= 0.3 is 0 Å². The van der Waals surface area contributed by atoms with Gasteiger partial charge in [0, 0.05) is 24.8 Å². The van der Waals surface area contributed by atoms with Crippen molar-refractivity contribution in [1.82, 2.24) is 9.46 Å². The van der Waals surface area contributed by atoms with Crippen LogP contribution < -0.4 is 10.1 Å². The first-order valence-electron chi connectivity index (χ1n) is 11.0. The molecule has 1 aliphatic rings. The number of methoxy groups -OCH3 is 1. The summed E-state index contributed by atoms with van der Waals surface area (Å²) < 4.78 is 39.0. The molecule has 8 nitrogen and oxygen atoms in total. The topological polar surface area (TPSA) is 102 Å². The SMILES string of the molecule is COc1cccc(NC(=O)C2CCCN(S(=O)(=O)c3c(C)noc3/C=C/c3ccccc3)C2)c1. The highest BCUT2D eigenvalue weighted by Crippen LogP contribution is 2.30. The molecular weight excluding hydrogens is 454 g/mol. The van der Waals surface area contributed by atoms with Crippen LogP contribution in [-0.2, 0) is 14.8 Å². The molecule has 1 aromatic heterocycles. The largest absolute Gasteiger partial charge is 0.497 e. The van der Waals surface area contributed by atoms with Gasteiger partial charge in [-0.3, -0.25) is 4.79 Å². The molecule has 1 aliphatic heterocycles. The molecule has 178 valence electrons. The van der Waals surface area contributed by atoms with Crippen LogP contribution in [0.2, 0.25) is 0 Å². The van der Waals surface area contributed by atoms with Crippen molar-refractivity contribution in [2.45, 2.75) is 24.7 Å². The zero-order valence-electron chi connectivity index (χ0n) is 19.1. The molecule has 1 amide bonds. The van der Waals surface area contributed by atoms with Gasteiger partial charge in [-0.2, -0.15) is 4.31 Å². The van der Waals surface area contributed by atoms with Crippen molar-refractivity contribution in [1.29, 1.82) is 0 Å². The summed E-state index contributed by atoms with van der Waals surface area (Å²) in [5.41, 5.74) is 1.80. The Hall–Kier alpha value is -3.43. The third-order valence-electron chi connectivity index (χ3n) is 5.75. The fraction of sp³-hybridized carbons (Fsp3) is 0.280. The van der Waals surface area contributed by atoms with Gasteiger partial charge < -0.3 is 14.6 Å². The van der Waals surface area contributed by atoms with E-state index in [1.807, 2.05) is 30.3 Å². The lowest BCUT2D eigenvalue weighted by Crippen LogP contribution is -2.43. The van der Waals surface area contributed by atoms with Crippen LogP contribution in [0.3, 0.4) is 0 Å². The number of aryl methyl sites for hydroxylation is 1. The predicted octanol–water partition coefficient (Wildman–Crippen LogP) is 4.20. The molecule has 1 atom stereocenters. The smallest absolute Gasteiger partial charge is 0.248 e. The fourth-order valence-corrected chi connectivity index (χ4v) is 5.76. The highest BCUT2D eigenvalue weighted by Gasteiger charge is 2.37. The minimum absolute atomic E-state index is 0.0357. The number of benzene rings is 2. The molecule has 1 unspecified atom stereocenters. The van der Waals surface area contributed by atoms with Crippen molar-refractivity contribution < 1.29 is 22.5 Å². The molecule has 2 aromatic carbocycles. The normalized spacial score (nSPS) is 17.1. The van der Waals surface area contributed by atoms with Crippen LogP contribution in [0.25, 0.3) is 12.2 Å². The number of sulfonamides is 1. The molecule has 1 fully saturated rings. The summed E-state index contributed by atoms with van der Waals surface area (Å²) in [6, 6.07) is 16.6. The van der Waals surface area contributed by atoms with Gasteiger partial charge in [-0.15, -0.1) is 0 Å². The molecular formula is C25H27N3O5S. The average molecular weight is 482 g/mol. The molecule has 0 saturated carbocycles. The monoisotopic (exact) mass is 481 g/mol. The summed E-state index contributed by atoms with van der Waals surface area (Å²) in [5, 5.41) is 6.76. The molecule has 0 radical (unpaired) electrons. The van der Waals surface area contributed by atoms with E-state index in [4.69, 9.17) is 9.26 Å². The average Bonchev–Trinajstić information content (AvgIpc) is 3.24. The van der Waals surface area contributed by atoms with Crippen LogP contribution in [-0.4, -0.2) is 44.0 Å². The number of carbonyl (C=O) groups excluding carboxylic acids is 1. The van der Waals surface area contributed by atoms with Gasteiger partial charge in [-0.1, -0.05) is 47.6 Å². The molecule has 0 spiro atoms. The Balaban J connectivity index is 1.52. The predicted molar refractivity (Wildman–Crippen MR) is 130 cm³/mol. The molecule has 3 aromatic rings. The second kappa shape index (κ2) is 10.2. The van der Waals surface area contributed by atoms with Gasteiger partial charge in [0.2, 0.25) is 15.9 Å². The fourth-order valence-electron chi connectivity index (χ4n) is 3.98. The molecule has 2 heterocycles. The molecule has 1 saturated heterocycles. The molecule has 34 heavy (non-hydrogen) atoms. The number of amides is 1. The number of aromatic nitrogens is 1. The van der Waals surface area contributed by atoms with E-state index in [0.29, 0.717) is 30.8 Å². The Kier molecular flexibility index (Phi) is 7.14. The summed E-state index contributed by atoms with van der Waals surface area (Å²) in [6.07, 6.45) is 4.57. The number of hydrogen-bond donors (Lipinski definition) is 1. The van der Waals surface area contributed by atoms with E-state index in [-0.39, 0.29) is 28.8 Å². The maximum absolute atomic E-state index is 13.6. The van der Waals surface area contributed by atoms with Crippen molar-refractivity contribution >= 4 is 33.8 Å². The standard InChI is InChI=1S/C25H27N3O5S/c1-18-24(23(33-27-18)14-13-19-8-4-3-5-9-19)34(30,31)28-15-7-10-20(17-28)25(29)26-21-11-6-12-22(16-21)32-2/h3-6,8-9,11-14,16,20H,7,10,15,17H2,1-2H3,(H,26,29)/b14-13+. The lowest BCUT2D eigenvalue weighted by molar-refractivity contribution is -0.120. The lowest BCUT2D eigenvalue weighted by atomic mass is 9.98. The molecule has 0 aliphatic carbocycles. The van der Waals surface area contributed by atoms with Crippen molar-refractivity contribution in [3.8, 4) is 5.75 Å². The number of anilines is 1. The maximum Gasteiger partial charge on any atom is 0.248 e. The Morgan fingerprint density at radius 1 is 1.18 bits per heavy atom. The Morgan fingerprint density at radius 3 is 2.74 bits per heavy atom. The van der Waals surface area contributed by atoms with Crippen LogP contribution in [0, 0.1) is 12.8 Å². The Labute approximate surface area is 199 Å². The highest BCUT2D eigenvalue weighted by atomic mass is 32.2. The second-order valence-electron chi connectivity index (χ2n) is 8.13. The maximum atomic E-state index is 13.6. The zero-order valence-corrected chi connectivity index (χ0v) is 19.9. The third-order valence-corrected chi connectivity index (χ3v) is 7.77. The van der Waals surface area contributed by atoms with Crippen LogP contribution >= 0.6 is 0 Å². The molecule has 1 N–H and O–H groups in total. The van der Waals surface area contributed by atoms with Crippen molar-refractivity contribution in [3.63, 3.8) is 0 Å². The van der Waals surface area contributed by atoms with Crippen LogP contribution in [0.5, 0.6) is 5.75 Å². The van der Waals surface area contributed by atoms with Gasteiger partial charge in [-0.25, -0.2) is 8.42 Å². The minimum atomic E-state index is -3.91. The number of nitrogens with zero attached hydrogens (tertiary/aromatic N) is 2. The lowest BCUT2D eigenvalue weighted by Gasteiger charge is -2.31. The number of carbonyl (C=O) groups is 1. The van der Waals surface area contributed by atoms with E-state index < -0.39 is 15.9 Å². The summed E-state index contributed by atoms with van der Waals surface area (Å²) in [7, 11) is -2.35. The summed E-state index contributed by atoms with van der Waals surface area (Å²) >= 11 is 0. The minimum Gasteiger partial charge on any atom is -0.497 e. The first-order chi connectivity index (χ1) is 16.4. The van der Waals surface area contributed by atoms with Crippen LogP contribution in [0.4, 0.5) is 5.69 Å². The summed E-state index contributed by atoms with van der Waals surface area (Å²) in [5.74, 6) is 0.103. The number of hydrogen-bond acceptors (Lipinski definition) is 6. The van der Waals surface area contributed by atoms with Gasteiger partial charge in [0.15, 0.2) is 10.7 Å². The van der Waals surface area contributed by atoms with Gasteiger partial charge in [0.05, 0.1) is 13.0 Å². The second-order valence-corrected chi connectivity index (χ2v) is 10.0. The van der Waals surface area contributed by atoms with E-state index in [1.54, 1.807) is 50.5 Å². The quantitative estimate of drug-likeness (QED) is 0.543. The van der Waals surface area contributed by atoms with Gasteiger partial charge in [0.1, 0.15) is 11.4 Å². The van der Waals surface area contributed by atoms with E-state index in [2.05, 4.69) is 10.5 Å². The number of ether oxygens (including phenoxy) is 1. The van der Waals surface area contributed by atoms with E-state index in [0.717, 1.165) is 5.56 Å². The first-order valence-corrected chi connectivity index (χ1v) is 12.5. The van der Waals surface area contributed by atoms with E-state index in [9.17, 15) is 13.2 Å². The highest BCUT2D eigenvalue weighted by molar-refractivity contribution is 7.89. The first kappa shape index (κ1) is 23.7. The number of nitrogens with one attached hydrogen (secondary N) is 1. The number of piperidine rings is 1.